The number of nitrogens with zero attached hydrogens (tertiary/aromatic N) is 6. The molecule has 0 radical (unpaired) electrons. The zero-order valence-corrected chi connectivity index (χ0v) is 20.2. The highest BCUT2D eigenvalue weighted by molar-refractivity contribution is 6.31. The van der Waals surface area contributed by atoms with Crippen LogP contribution in [0.3, 0.4) is 0 Å². The number of fused-ring (bicyclic) bond motifs is 5. The van der Waals surface area contributed by atoms with Crippen LogP contribution in [0.5, 0.6) is 0 Å². The fourth-order valence-corrected chi connectivity index (χ4v) is 5.90. The van der Waals surface area contributed by atoms with Crippen molar-refractivity contribution in [3.63, 3.8) is 0 Å². The van der Waals surface area contributed by atoms with Crippen LogP contribution in [-0.4, -0.2) is 56.8 Å². The van der Waals surface area contributed by atoms with E-state index in [1.165, 1.54) is 0 Å². The number of nitrogens with one attached hydrogen (secondary N) is 1. The van der Waals surface area contributed by atoms with E-state index in [-0.39, 0.29) is 18.1 Å². The molecular weight excluding hydrogens is 507 g/mol. The third-order valence-corrected chi connectivity index (χ3v) is 7.65. The molecule has 4 aromatic rings. The Balaban J connectivity index is 1.33. The number of halogens is 4. The van der Waals surface area contributed by atoms with Crippen molar-refractivity contribution in [3.8, 4) is 0 Å². The van der Waals surface area contributed by atoms with Gasteiger partial charge in [-0.2, -0.15) is 13.2 Å². The van der Waals surface area contributed by atoms with E-state index in [9.17, 15) is 13.2 Å². The van der Waals surface area contributed by atoms with Crippen LogP contribution in [0.2, 0.25) is 5.02 Å². The van der Waals surface area contributed by atoms with Crippen molar-refractivity contribution in [1.82, 2.24) is 24.9 Å². The van der Waals surface area contributed by atoms with Crippen molar-refractivity contribution in [2.45, 2.75) is 37.2 Å². The van der Waals surface area contributed by atoms with Crippen LogP contribution >= 0.6 is 11.6 Å². The highest BCUT2D eigenvalue weighted by Gasteiger charge is 2.41. The van der Waals surface area contributed by atoms with Crippen LogP contribution in [0.15, 0.2) is 42.9 Å². The summed E-state index contributed by atoms with van der Waals surface area (Å²) in [6.07, 6.45) is 1.82. The molecule has 3 aliphatic heterocycles. The van der Waals surface area contributed by atoms with E-state index in [1.807, 2.05) is 12.1 Å². The lowest BCUT2D eigenvalue weighted by molar-refractivity contribution is -0.141. The van der Waals surface area contributed by atoms with Crippen LogP contribution in [0.1, 0.15) is 35.0 Å². The predicted molar refractivity (Wildman–Crippen MR) is 131 cm³/mol. The van der Waals surface area contributed by atoms with Gasteiger partial charge in [0.2, 0.25) is 11.9 Å². The molecular formula is C25H21ClF3N7O. The van der Waals surface area contributed by atoms with Gasteiger partial charge in [0.05, 0.1) is 18.8 Å². The SMILES string of the molecule is FC(F)(F)c1ccnc(N2CCc3c([nH]c4ccc(Cl)cc34)C2c2cnc(N3CC4CC3CO4)nc2)n1. The lowest BCUT2D eigenvalue weighted by Crippen LogP contribution is -2.39. The maximum Gasteiger partial charge on any atom is 0.433 e. The quantitative estimate of drug-likeness (QED) is 0.418. The van der Waals surface area contributed by atoms with Gasteiger partial charge in [0, 0.05) is 58.9 Å². The van der Waals surface area contributed by atoms with Gasteiger partial charge in [0.15, 0.2) is 0 Å². The normalized spacial score (nSPS) is 23.2. The van der Waals surface area contributed by atoms with Crippen LogP contribution in [0, 0.1) is 0 Å². The smallest absolute Gasteiger partial charge is 0.374 e. The van der Waals surface area contributed by atoms with Crippen molar-refractivity contribution >= 4 is 34.4 Å². The Bertz CT molecular complexity index is 1490. The summed E-state index contributed by atoms with van der Waals surface area (Å²) >= 11 is 6.28. The van der Waals surface area contributed by atoms with E-state index in [0.717, 1.165) is 53.0 Å². The topological polar surface area (TPSA) is 83.1 Å². The van der Waals surface area contributed by atoms with Gasteiger partial charge in [0.25, 0.3) is 0 Å². The van der Waals surface area contributed by atoms with Gasteiger partial charge >= 0.3 is 6.18 Å². The molecule has 8 nitrogen and oxygen atoms in total. The first-order valence-electron chi connectivity index (χ1n) is 12.0. The number of aromatic amines is 1. The third-order valence-electron chi connectivity index (χ3n) is 7.41. The molecule has 0 amide bonds. The fraction of sp³-hybridized carbons (Fsp3) is 0.360. The van der Waals surface area contributed by atoms with E-state index < -0.39 is 17.9 Å². The number of H-pyrrole nitrogens is 1. The number of alkyl halides is 3. The number of anilines is 2. The molecule has 2 saturated heterocycles. The largest absolute Gasteiger partial charge is 0.433 e. The Kier molecular flexibility index (Phi) is 5.09. The van der Waals surface area contributed by atoms with Crippen molar-refractivity contribution in [2.75, 3.05) is 29.5 Å². The Morgan fingerprint density at radius 1 is 1.05 bits per heavy atom. The first kappa shape index (κ1) is 22.7. The second-order valence-corrected chi connectivity index (χ2v) is 10.0. The molecule has 2 bridgehead atoms. The maximum atomic E-state index is 13.5. The van der Waals surface area contributed by atoms with Crippen molar-refractivity contribution in [2.24, 2.45) is 0 Å². The number of benzene rings is 1. The highest BCUT2D eigenvalue weighted by atomic mass is 35.5. The van der Waals surface area contributed by atoms with Gasteiger partial charge < -0.3 is 19.5 Å². The highest BCUT2D eigenvalue weighted by Crippen LogP contribution is 2.41. The summed E-state index contributed by atoms with van der Waals surface area (Å²) in [5, 5.41) is 1.61. The molecule has 0 saturated carbocycles. The van der Waals surface area contributed by atoms with Crippen LogP contribution in [0.4, 0.5) is 25.1 Å². The third kappa shape index (κ3) is 3.79. The molecule has 6 heterocycles. The first-order chi connectivity index (χ1) is 17.8. The summed E-state index contributed by atoms with van der Waals surface area (Å²) in [5.74, 6) is 0.626. The summed E-state index contributed by atoms with van der Waals surface area (Å²) in [7, 11) is 0. The number of morpholine rings is 1. The van der Waals surface area contributed by atoms with Crippen LogP contribution in [-0.2, 0) is 17.3 Å². The second-order valence-electron chi connectivity index (χ2n) is 9.61. The fourth-order valence-electron chi connectivity index (χ4n) is 5.73. The van der Waals surface area contributed by atoms with Crippen molar-refractivity contribution in [1.29, 1.82) is 0 Å². The van der Waals surface area contributed by atoms with E-state index in [0.29, 0.717) is 30.5 Å². The monoisotopic (exact) mass is 527 g/mol. The van der Waals surface area contributed by atoms with E-state index in [4.69, 9.17) is 16.3 Å². The minimum atomic E-state index is -4.57. The number of hydrogen-bond acceptors (Lipinski definition) is 7. The molecule has 7 rings (SSSR count). The zero-order valence-electron chi connectivity index (χ0n) is 19.4. The molecule has 3 aliphatic rings. The second kappa shape index (κ2) is 8.29. The van der Waals surface area contributed by atoms with Gasteiger partial charge in [0.1, 0.15) is 11.7 Å². The summed E-state index contributed by atoms with van der Waals surface area (Å²) in [6, 6.07) is 6.26. The first-order valence-corrected chi connectivity index (χ1v) is 12.4. The molecule has 3 atom stereocenters. The minimum absolute atomic E-state index is 0.000224. The standard InChI is InChI=1S/C25H21ClF3N7O/c26-14-1-2-19-18(7-14)17-4-6-35(24-30-5-3-20(34-24)25(27,28)29)22(21(17)33-19)13-9-31-23(32-10-13)36-11-16-8-15(36)12-37-16/h1-3,5,7,9-10,15-16,22,33H,4,6,8,11-12H2. The Labute approximate surface area is 214 Å². The van der Waals surface area contributed by atoms with Gasteiger partial charge in [-0.15, -0.1) is 0 Å². The number of rotatable bonds is 3. The Morgan fingerprint density at radius 2 is 1.89 bits per heavy atom. The molecule has 37 heavy (non-hydrogen) atoms. The maximum absolute atomic E-state index is 13.5. The van der Waals surface area contributed by atoms with Crippen molar-refractivity contribution in [3.05, 3.63) is 70.4 Å². The van der Waals surface area contributed by atoms with Crippen LogP contribution < -0.4 is 9.80 Å². The zero-order chi connectivity index (χ0) is 25.3. The van der Waals surface area contributed by atoms with Gasteiger partial charge in [-0.05, 0) is 42.7 Å². The lowest BCUT2D eigenvalue weighted by atomic mass is 9.94. The number of aromatic nitrogens is 5. The molecule has 3 unspecified atom stereocenters. The average Bonchev–Trinajstić information content (AvgIpc) is 3.62. The molecule has 190 valence electrons. The van der Waals surface area contributed by atoms with Crippen molar-refractivity contribution < 1.29 is 17.9 Å². The summed E-state index contributed by atoms with van der Waals surface area (Å²) in [4.78, 5) is 24.8. The Hall–Kier alpha value is -3.44. The summed E-state index contributed by atoms with van der Waals surface area (Å²) in [6.45, 7) is 1.83. The predicted octanol–water partition coefficient (Wildman–Crippen LogP) is 4.55. The molecule has 0 aliphatic carbocycles. The number of hydrogen-bond donors (Lipinski definition) is 1. The van der Waals surface area contributed by atoms with E-state index >= 15 is 0 Å². The van der Waals surface area contributed by atoms with E-state index in [2.05, 4.69) is 29.8 Å². The molecule has 1 aromatic carbocycles. The van der Waals surface area contributed by atoms with Gasteiger partial charge in [-0.1, -0.05) is 11.6 Å². The van der Waals surface area contributed by atoms with E-state index in [1.54, 1.807) is 23.4 Å². The lowest BCUT2D eigenvalue weighted by Gasteiger charge is -2.36. The summed E-state index contributed by atoms with van der Waals surface area (Å²) in [5.41, 5.74) is 2.54. The minimum Gasteiger partial charge on any atom is -0.374 e. The summed E-state index contributed by atoms with van der Waals surface area (Å²) < 4.78 is 46.1. The number of ether oxygens (including phenoxy) is 1. The molecule has 0 spiro atoms. The Morgan fingerprint density at radius 3 is 2.62 bits per heavy atom. The molecule has 12 heteroatoms. The average molecular weight is 528 g/mol. The van der Waals surface area contributed by atoms with Gasteiger partial charge in [-0.3, -0.25) is 0 Å². The molecule has 2 fully saturated rings. The van der Waals surface area contributed by atoms with Crippen LogP contribution in [0.25, 0.3) is 10.9 Å². The molecule has 3 aromatic heterocycles. The van der Waals surface area contributed by atoms with Gasteiger partial charge in [-0.25, -0.2) is 19.9 Å². The molecule has 1 N–H and O–H groups in total.